The van der Waals surface area contributed by atoms with Gasteiger partial charge in [-0.15, -0.1) is 0 Å². The van der Waals surface area contributed by atoms with Crippen molar-refractivity contribution in [3.63, 3.8) is 0 Å². The molecule has 10 heterocycles. The molecule has 4 saturated heterocycles. The zero-order chi connectivity index (χ0) is 47.1. The van der Waals surface area contributed by atoms with Gasteiger partial charge in [0.1, 0.15) is 11.7 Å². The Morgan fingerprint density at radius 3 is 2.46 bits per heavy atom. The molecule has 4 amide bonds. The van der Waals surface area contributed by atoms with Crippen molar-refractivity contribution in [1.82, 2.24) is 39.2 Å². The van der Waals surface area contributed by atoms with Crippen LogP contribution in [0.4, 0.5) is 31.7 Å². The summed E-state index contributed by atoms with van der Waals surface area (Å²) < 4.78 is 41.1. The number of piperazine rings is 1. The number of rotatable bonds is 9. The van der Waals surface area contributed by atoms with E-state index < -0.39 is 18.4 Å². The number of halogens is 2. The molecule has 18 heteroatoms. The summed E-state index contributed by atoms with van der Waals surface area (Å²) in [6.07, 6.45) is 7.53. The second kappa shape index (κ2) is 17.5. The molecule has 4 fully saturated rings. The molecule has 1 atom stereocenters. The summed E-state index contributed by atoms with van der Waals surface area (Å²) in [7, 11) is 0. The lowest BCUT2D eigenvalue weighted by Gasteiger charge is -2.45. The molecule has 3 aromatic heterocycles. The third-order valence-corrected chi connectivity index (χ3v) is 15.8. The molecule has 0 radical (unpaired) electrons. The highest BCUT2D eigenvalue weighted by Gasteiger charge is 2.41. The normalized spacial score (nSPS) is 21.5. The molecule has 69 heavy (non-hydrogen) atoms. The molecule has 12 rings (SSSR count). The largest absolute Gasteiger partial charge is 0.381 e. The van der Waals surface area contributed by atoms with Crippen molar-refractivity contribution < 1.29 is 32.7 Å². The minimum Gasteiger partial charge on any atom is -0.381 e. The Kier molecular flexibility index (Phi) is 11.1. The number of nitrogens with one attached hydrogen (secondary N) is 1. The first-order valence-corrected chi connectivity index (χ1v) is 24.7. The Balaban J connectivity index is 0.761. The van der Waals surface area contributed by atoms with Gasteiger partial charge >= 0.3 is 0 Å². The fourth-order valence-electron chi connectivity index (χ4n) is 12.0. The molecular weight excluding hydrogens is 885 g/mol. The van der Waals surface area contributed by atoms with Crippen LogP contribution < -0.4 is 20.0 Å². The standard InChI is InChI=1S/C51H57F2N11O5/c1-31(65)59-13-8-42-41(29-59)49(56-64(42)35-9-19-69-20-10-35)62-12-2-3-33-22-38(40(48(52)53)23-44(33)62)39-24-46-54-11-14-60(46)30-45(39)58-17-15-57(16-18-58)25-32-26-61(27-32)36-4-5-37-34(21-36)28-63(51(37)68)43-6-7-47(66)55-50(43)67/h4-5,11,14,21-24,30,32,35,43,48H,2-3,6-10,12-13,15-20,25-29H2,1H3,(H,55,66,67). The zero-order valence-electron chi connectivity index (χ0n) is 38.9. The topological polar surface area (TPSA) is 144 Å². The summed E-state index contributed by atoms with van der Waals surface area (Å²) in [4.78, 5) is 67.5. The van der Waals surface area contributed by atoms with E-state index in [1.165, 1.54) is 0 Å². The SMILES string of the molecule is CC(=O)N1CCc2c(c(N3CCCc4cc(-c5cc6nccn6cc5N5CCN(CC6CN(c7ccc8c(c7)CN(C7CCC(=O)NC7=O)C8=O)C6)CC5)c(C(F)F)cc43)nn2C2CCOCC2)C1. The number of fused-ring (bicyclic) bond motifs is 4. The molecule has 0 saturated carbocycles. The number of amides is 4. The van der Waals surface area contributed by atoms with Crippen LogP contribution in [0.3, 0.4) is 0 Å². The van der Waals surface area contributed by atoms with Crippen LogP contribution in [0.15, 0.2) is 55.0 Å². The van der Waals surface area contributed by atoms with E-state index in [2.05, 4.69) is 40.6 Å². The van der Waals surface area contributed by atoms with Crippen LogP contribution in [-0.2, 0) is 45.1 Å². The third kappa shape index (κ3) is 7.88. The summed E-state index contributed by atoms with van der Waals surface area (Å²) in [5.41, 5.74) is 9.36. The molecule has 16 nitrogen and oxygen atoms in total. The average molecular weight is 942 g/mol. The quantitative estimate of drug-likeness (QED) is 0.187. The number of piperidine rings is 1. The molecule has 2 aromatic carbocycles. The van der Waals surface area contributed by atoms with Crippen molar-refractivity contribution in [3.05, 3.63) is 88.5 Å². The summed E-state index contributed by atoms with van der Waals surface area (Å²) in [6.45, 7) is 10.9. The maximum atomic E-state index is 15.7. The molecule has 0 spiro atoms. The Bertz CT molecular complexity index is 2880. The lowest BCUT2D eigenvalue weighted by atomic mass is 9.91. The fraction of sp³-hybridized carbons (Fsp3) is 0.490. The smallest absolute Gasteiger partial charge is 0.264 e. The van der Waals surface area contributed by atoms with E-state index in [4.69, 9.17) is 9.84 Å². The molecule has 1 unspecified atom stereocenters. The predicted molar refractivity (Wildman–Crippen MR) is 254 cm³/mol. The van der Waals surface area contributed by atoms with E-state index in [-0.39, 0.29) is 35.7 Å². The van der Waals surface area contributed by atoms with Gasteiger partial charge < -0.3 is 33.6 Å². The van der Waals surface area contributed by atoms with Gasteiger partial charge in [-0.3, -0.25) is 34.1 Å². The maximum Gasteiger partial charge on any atom is 0.264 e. The number of carbonyl (C=O) groups is 4. The monoisotopic (exact) mass is 941 g/mol. The molecule has 0 aliphatic carbocycles. The number of hydrogen-bond acceptors (Lipinski definition) is 11. The number of imide groups is 1. The molecule has 360 valence electrons. The first kappa shape index (κ1) is 43.9. The predicted octanol–water partition coefficient (Wildman–Crippen LogP) is 5.50. The number of ether oxygens (including phenoxy) is 1. The highest BCUT2D eigenvalue weighted by atomic mass is 19.3. The third-order valence-electron chi connectivity index (χ3n) is 15.8. The van der Waals surface area contributed by atoms with Gasteiger partial charge in [-0.1, -0.05) is 0 Å². The first-order chi connectivity index (χ1) is 33.5. The van der Waals surface area contributed by atoms with Crippen LogP contribution in [0.25, 0.3) is 16.8 Å². The number of imidazole rings is 1. The first-order valence-electron chi connectivity index (χ1n) is 24.7. The summed E-state index contributed by atoms with van der Waals surface area (Å²) in [5.74, 6) is 0.390. The molecule has 0 bridgehead atoms. The number of aryl methyl sites for hydroxylation is 1. The molecule has 7 aliphatic rings. The van der Waals surface area contributed by atoms with Crippen LogP contribution in [0, 0.1) is 5.92 Å². The Morgan fingerprint density at radius 1 is 0.855 bits per heavy atom. The van der Waals surface area contributed by atoms with Crippen molar-refractivity contribution in [1.29, 1.82) is 0 Å². The number of carbonyl (C=O) groups excluding carboxylic acids is 4. The van der Waals surface area contributed by atoms with E-state index in [0.717, 1.165) is 122 Å². The molecule has 5 aromatic rings. The van der Waals surface area contributed by atoms with Crippen molar-refractivity contribution in [3.8, 4) is 11.1 Å². The average Bonchev–Trinajstić information content (AvgIpc) is 4.06. The van der Waals surface area contributed by atoms with Gasteiger partial charge in [-0.05, 0) is 85.2 Å². The van der Waals surface area contributed by atoms with E-state index in [9.17, 15) is 19.2 Å². The van der Waals surface area contributed by atoms with Crippen LogP contribution in [-0.4, -0.2) is 136 Å². The van der Waals surface area contributed by atoms with Gasteiger partial charge in [0.05, 0.1) is 18.3 Å². The highest BCUT2D eigenvalue weighted by molar-refractivity contribution is 6.05. The lowest BCUT2D eigenvalue weighted by Crippen LogP contribution is -2.55. The van der Waals surface area contributed by atoms with Gasteiger partial charge in [0.2, 0.25) is 17.7 Å². The Labute approximate surface area is 398 Å². The van der Waals surface area contributed by atoms with E-state index in [0.29, 0.717) is 74.9 Å². The number of nitrogens with zero attached hydrogens (tertiary/aromatic N) is 10. The van der Waals surface area contributed by atoms with Gasteiger partial charge in [-0.25, -0.2) is 13.8 Å². The Hall–Kier alpha value is -6.40. The maximum absolute atomic E-state index is 15.7. The fourth-order valence-corrected chi connectivity index (χ4v) is 12.0. The van der Waals surface area contributed by atoms with Crippen molar-refractivity contribution in [2.45, 2.75) is 83.5 Å². The molecule has 1 N–H and O–H groups in total. The summed E-state index contributed by atoms with van der Waals surface area (Å²) in [5, 5.41) is 7.66. The number of anilines is 4. The van der Waals surface area contributed by atoms with Gasteiger partial charge in [0, 0.05) is 162 Å². The minimum absolute atomic E-state index is 0.0166. The van der Waals surface area contributed by atoms with Gasteiger partial charge in [0.25, 0.3) is 12.3 Å². The Morgan fingerprint density at radius 2 is 1.68 bits per heavy atom. The number of hydrogen-bond donors (Lipinski definition) is 1. The second-order valence-electron chi connectivity index (χ2n) is 19.9. The van der Waals surface area contributed by atoms with Crippen LogP contribution in [0.5, 0.6) is 0 Å². The van der Waals surface area contributed by atoms with Crippen molar-refractivity contribution >= 4 is 52.2 Å². The van der Waals surface area contributed by atoms with Crippen LogP contribution >= 0.6 is 0 Å². The molecular formula is C51H57F2N11O5. The van der Waals surface area contributed by atoms with E-state index in [1.54, 1.807) is 24.1 Å². The second-order valence-corrected chi connectivity index (χ2v) is 19.9. The van der Waals surface area contributed by atoms with Crippen molar-refractivity contribution in [2.24, 2.45) is 5.92 Å². The number of aromatic nitrogens is 4. The summed E-state index contributed by atoms with van der Waals surface area (Å²) in [6, 6.07) is 11.1. The van der Waals surface area contributed by atoms with E-state index in [1.807, 2.05) is 46.0 Å². The highest BCUT2D eigenvalue weighted by Crippen LogP contribution is 2.46. The van der Waals surface area contributed by atoms with Gasteiger partial charge in [0.15, 0.2) is 5.82 Å². The van der Waals surface area contributed by atoms with Crippen molar-refractivity contribution in [2.75, 3.05) is 86.8 Å². The van der Waals surface area contributed by atoms with Gasteiger partial charge in [-0.2, -0.15) is 5.10 Å². The lowest BCUT2D eigenvalue weighted by molar-refractivity contribution is -0.137. The minimum atomic E-state index is -2.73. The number of pyridine rings is 1. The van der Waals surface area contributed by atoms with Crippen LogP contribution in [0.2, 0.25) is 0 Å². The summed E-state index contributed by atoms with van der Waals surface area (Å²) >= 11 is 0. The number of benzene rings is 2. The van der Waals surface area contributed by atoms with Crippen LogP contribution in [0.1, 0.15) is 89.8 Å². The number of alkyl halides is 2. The zero-order valence-corrected chi connectivity index (χ0v) is 38.9. The molecule has 7 aliphatic heterocycles. The van der Waals surface area contributed by atoms with E-state index >= 15 is 8.78 Å².